The second kappa shape index (κ2) is 11.7. The van der Waals surface area contributed by atoms with Gasteiger partial charge in [-0.25, -0.2) is 31.3 Å². The number of hydrogen-bond donors (Lipinski definition) is 4. The fourth-order valence-corrected chi connectivity index (χ4v) is 6.15. The number of aromatic nitrogens is 2. The SMILES string of the molecule is CN(C1CCNCC1)S(=O)(=O)C=C1C=C(Nc2nc(NC3=CC(=CS(N)(=O)=O)CC=C3)ncc2F)C=CC1. The van der Waals surface area contributed by atoms with E-state index in [-0.39, 0.29) is 17.8 Å². The molecule has 1 aromatic heterocycles. The number of nitrogens with one attached hydrogen (secondary N) is 3. The topological polar surface area (TPSA) is 159 Å². The van der Waals surface area contributed by atoms with Crippen LogP contribution in [-0.2, 0) is 20.0 Å². The summed E-state index contributed by atoms with van der Waals surface area (Å²) in [6.07, 6.45) is 13.5. The second-order valence-electron chi connectivity index (χ2n) is 9.07. The van der Waals surface area contributed by atoms with E-state index >= 15 is 0 Å². The molecule has 2 aliphatic carbocycles. The molecule has 3 aliphatic rings. The quantitative estimate of drug-likeness (QED) is 0.372. The summed E-state index contributed by atoms with van der Waals surface area (Å²) < 4.78 is 64.5. The first-order chi connectivity index (χ1) is 18.0. The number of piperidine rings is 1. The first kappa shape index (κ1) is 27.9. The van der Waals surface area contributed by atoms with Gasteiger partial charge < -0.3 is 16.0 Å². The Morgan fingerprint density at radius 2 is 1.63 bits per heavy atom. The molecule has 5 N–H and O–H groups in total. The van der Waals surface area contributed by atoms with Crippen LogP contribution in [0.3, 0.4) is 0 Å². The third-order valence-electron chi connectivity index (χ3n) is 6.09. The van der Waals surface area contributed by atoms with Crippen LogP contribution in [0.15, 0.2) is 76.0 Å². The molecule has 0 spiro atoms. The van der Waals surface area contributed by atoms with Gasteiger partial charge >= 0.3 is 0 Å². The number of halogens is 1. The van der Waals surface area contributed by atoms with E-state index in [2.05, 4.69) is 25.9 Å². The van der Waals surface area contributed by atoms with Gasteiger partial charge in [0.25, 0.3) is 0 Å². The summed E-state index contributed by atoms with van der Waals surface area (Å²) in [7, 11) is -5.84. The number of anilines is 2. The molecule has 14 heteroatoms. The monoisotopic (exact) mass is 563 g/mol. The molecule has 1 fully saturated rings. The van der Waals surface area contributed by atoms with Gasteiger partial charge in [-0.3, -0.25) is 0 Å². The summed E-state index contributed by atoms with van der Waals surface area (Å²) in [6, 6.07) is -0.0553. The highest BCUT2D eigenvalue weighted by atomic mass is 32.2. The highest BCUT2D eigenvalue weighted by molar-refractivity contribution is 7.92. The zero-order valence-electron chi connectivity index (χ0n) is 20.8. The average molecular weight is 564 g/mol. The maximum absolute atomic E-state index is 14.5. The Morgan fingerprint density at radius 1 is 1.03 bits per heavy atom. The van der Waals surface area contributed by atoms with Crippen LogP contribution in [0.2, 0.25) is 0 Å². The van der Waals surface area contributed by atoms with Crippen LogP contribution in [0.4, 0.5) is 16.2 Å². The predicted molar refractivity (Wildman–Crippen MR) is 145 cm³/mol. The van der Waals surface area contributed by atoms with E-state index in [4.69, 9.17) is 5.14 Å². The molecule has 0 bridgehead atoms. The van der Waals surface area contributed by atoms with Gasteiger partial charge in [-0.15, -0.1) is 0 Å². The Balaban J connectivity index is 1.49. The van der Waals surface area contributed by atoms with Gasteiger partial charge in [-0.2, -0.15) is 9.29 Å². The van der Waals surface area contributed by atoms with Crippen molar-refractivity contribution in [2.45, 2.75) is 31.7 Å². The third-order valence-corrected chi connectivity index (χ3v) is 8.42. The lowest BCUT2D eigenvalue weighted by atomic mass is 10.1. The number of hydrogen-bond acceptors (Lipinski definition) is 9. The van der Waals surface area contributed by atoms with Crippen molar-refractivity contribution in [2.24, 2.45) is 5.14 Å². The maximum Gasteiger partial charge on any atom is 0.236 e. The van der Waals surface area contributed by atoms with Crippen molar-refractivity contribution in [1.29, 1.82) is 0 Å². The van der Waals surface area contributed by atoms with Gasteiger partial charge in [0.1, 0.15) is 0 Å². The lowest BCUT2D eigenvalue weighted by Gasteiger charge is -2.30. The number of nitrogens with zero attached hydrogens (tertiary/aromatic N) is 3. The van der Waals surface area contributed by atoms with Crippen LogP contribution in [0.25, 0.3) is 0 Å². The summed E-state index contributed by atoms with van der Waals surface area (Å²) in [5.41, 5.74) is 1.97. The van der Waals surface area contributed by atoms with E-state index in [1.807, 2.05) is 0 Å². The summed E-state index contributed by atoms with van der Waals surface area (Å²) in [5, 5.41) is 16.3. The first-order valence-corrected chi connectivity index (χ1v) is 15.1. The van der Waals surface area contributed by atoms with Gasteiger partial charge in [-0.1, -0.05) is 12.2 Å². The third kappa shape index (κ3) is 7.68. The molecule has 0 amide bonds. The lowest BCUT2D eigenvalue weighted by Crippen LogP contribution is -2.43. The van der Waals surface area contributed by atoms with Crippen molar-refractivity contribution in [3.05, 3.63) is 81.8 Å². The van der Waals surface area contributed by atoms with Gasteiger partial charge in [0.15, 0.2) is 11.6 Å². The molecule has 204 valence electrons. The summed E-state index contributed by atoms with van der Waals surface area (Å²) in [5.74, 6) is -0.749. The Hall–Kier alpha value is -3.17. The zero-order chi connectivity index (χ0) is 27.3. The molecule has 0 radical (unpaired) electrons. The Bertz CT molecular complexity index is 1470. The van der Waals surface area contributed by atoms with Crippen molar-refractivity contribution >= 4 is 31.8 Å². The lowest BCUT2D eigenvalue weighted by molar-refractivity contribution is 0.299. The van der Waals surface area contributed by atoms with Crippen molar-refractivity contribution in [3.8, 4) is 0 Å². The van der Waals surface area contributed by atoms with Crippen molar-refractivity contribution in [3.63, 3.8) is 0 Å². The van der Waals surface area contributed by atoms with E-state index in [1.54, 1.807) is 43.5 Å². The molecule has 11 nitrogen and oxygen atoms in total. The van der Waals surface area contributed by atoms with Crippen molar-refractivity contribution < 1.29 is 21.2 Å². The molecule has 0 aromatic carbocycles. The van der Waals surface area contributed by atoms with E-state index in [9.17, 15) is 21.2 Å². The van der Waals surface area contributed by atoms with Crippen LogP contribution < -0.4 is 21.1 Å². The molecule has 1 aromatic rings. The van der Waals surface area contributed by atoms with Crippen LogP contribution >= 0.6 is 0 Å². The Morgan fingerprint density at radius 3 is 2.26 bits per heavy atom. The van der Waals surface area contributed by atoms with Gasteiger partial charge in [0, 0.05) is 35.3 Å². The highest BCUT2D eigenvalue weighted by Crippen LogP contribution is 2.24. The van der Waals surface area contributed by atoms with Crippen LogP contribution in [0.1, 0.15) is 25.7 Å². The van der Waals surface area contributed by atoms with Crippen LogP contribution in [0, 0.1) is 5.82 Å². The highest BCUT2D eigenvalue weighted by Gasteiger charge is 2.26. The average Bonchev–Trinajstić information content (AvgIpc) is 2.85. The minimum atomic E-state index is -3.79. The maximum atomic E-state index is 14.5. The van der Waals surface area contributed by atoms with E-state index < -0.39 is 25.9 Å². The molecule has 38 heavy (non-hydrogen) atoms. The largest absolute Gasteiger partial charge is 0.338 e. The smallest absolute Gasteiger partial charge is 0.236 e. The minimum absolute atomic E-state index is 0.0553. The number of sulfonamides is 2. The number of rotatable bonds is 8. The molecular weight excluding hydrogens is 533 g/mol. The van der Waals surface area contributed by atoms with Crippen LogP contribution in [-0.4, -0.2) is 57.3 Å². The number of nitrogens with two attached hydrogens (primary N) is 1. The van der Waals surface area contributed by atoms with E-state index in [0.29, 0.717) is 35.4 Å². The van der Waals surface area contributed by atoms with Gasteiger partial charge in [0.2, 0.25) is 26.0 Å². The van der Waals surface area contributed by atoms with Gasteiger partial charge in [0.05, 0.1) is 6.20 Å². The summed E-state index contributed by atoms with van der Waals surface area (Å²) in [6.45, 7) is 1.56. The van der Waals surface area contributed by atoms with Crippen LogP contribution in [0.5, 0.6) is 0 Å². The second-order valence-corrected chi connectivity index (χ2v) is 12.3. The van der Waals surface area contributed by atoms with Gasteiger partial charge in [-0.05, 0) is 74.2 Å². The molecule has 0 unspecified atom stereocenters. The van der Waals surface area contributed by atoms with Crippen molar-refractivity contribution in [1.82, 2.24) is 19.6 Å². The van der Waals surface area contributed by atoms with E-state index in [0.717, 1.165) is 37.5 Å². The molecule has 0 saturated carbocycles. The standard InChI is InChI=1S/C24H30FN7O4S2/c1-32(21-8-10-27-11-9-21)38(35,36)16-18-5-3-6-19(13-18)29-23-22(25)14-28-24(31-23)30-20-7-2-4-17(12-20)15-37(26,33)34/h2-3,6-7,12-16,21,27H,4-5,8-11H2,1H3,(H2,26,33,34)(H2,28,29,30,31). The fraction of sp³-hybridized carbons (Fsp3) is 0.333. The molecule has 4 rings (SSSR count). The molecular formula is C24H30FN7O4S2. The fourth-order valence-electron chi connectivity index (χ4n) is 4.22. The Kier molecular flexibility index (Phi) is 8.57. The van der Waals surface area contributed by atoms with Crippen molar-refractivity contribution in [2.75, 3.05) is 30.8 Å². The van der Waals surface area contributed by atoms with E-state index in [1.165, 1.54) is 9.71 Å². The minimum Gasteiger partial charge on any atom is -0.338 e. The summed E-state index contributed by atoms with van der Waals surface area (Å²) >= 11 is 0. The molecule has 1 saturated heterocycles. The normalized spacial score (nSPS) is 21.1. The molecule has 1 aliphatic heterocycles. The first-order valence-electron chi connectivity index (χ1n) is 11.9. The Labute approximate surface area is 221 Å². The molecule has 0 atom stereocenters. The summed E-state index contributed by atoms with van der Waals surface area (Å²) in [4.78, 5) is 8.12. The zero-order valence-corrected chi connectivity index (χ0v) is 22.4. The number of primary sulfonamides is 1. The number of allylic oxidation sites excluding steroid dienone is 8. The molecule has 2 heterocycles. The predicted octanol–water partition coefficient (Wildman–Crippen LogP) is 2.20.